The minimum atomic E-state index is 0.129. The fraction of sp³-hybridized carbons (Fsp3) is 1.00. The molecule has 2 unspecified atom stereocenters. The van der Waals surface area contributed by atoms with Crippen molar-refractivity contribution in [3.63, 3.8) is 0 Å². The number of hydrogen-bond acceptors (Lipinski definition) is 2. The molecule has 1 heterocycles. The highest BCUT2D eigenvalue weighted by atomic mass is 16.5. The lowest BCUT2D eigenvalue weighted by molar-refractivity contribution is -0.0202. The van der Waals surface area contributed by atoms with E-state index in [-0.39, 0.29) is 5.60 Å². The summed E-state index contributed by atoms with van der Waals surface area (Å²) < 4.78 is 6.00. The Morgan fingerprint density at radius 1 is 1.31 bits per heavy atom. The zero-order valence-electron chi connectivity index (χ0n) is 11.7. The molecule has 2 atom stereocenters. The topological polar surface area (TPSA) is 21.3 Å². The zero-order valence-corrected chi connectivity index (χ0v) is 11.7. The summed E-state index contributed by atoms with van der Waals surface area (Å²) in [7, 11) is 0. The highest BCUT2D eigenvalue weighted by molar-refractivity contribution is 4.81. The first-order chi connectivity index (χ1) is 7.39. The van der Waals surface area contributed by atoms with E-state index in [0.717, 1.165) is 12.5 Å². The van der Waals surface area contributed by atoms with Gasteiger partial charge in [0.25, 0.3) is 0 Å². The van der Waals surface area contributed by atoms with Gasteiger partial charge in [-0.25, -0.2) is 0 Å². The van der Waals surface area contributed by atoms with Crippen molar-refractivity contribution >= 4 is 0 Å². The third kappa shape index (κ3) is 5.31. The van der Waals surface area contributed by atoms with Gasteiger partial charge < -0.3 is 10.1 Å². The van der Waals surface area contributed by atoms with Crippen LogP contribution in [-0.2, 0) is 4.74 Å². The predicted octanol–water partition coefficient (Wildman–Crippen LogP) is 3.36. The van der Waals surface area contributed by atoms with Crippen molar-refractivity contribution in [3.05, 3.63) is 0 Å². The molecule has 16 heavy (non-hydrogen) atoms. The monoisotopic (exact) mass is 227 g/mol. The largest absolute Gasteiger partial charge is 0.372 e. The van der Waals surface area contributed by atoms with Gasteiger partial charge in [-0.2, -0.15) is 0 Å². The van der Waals surface area contributed by atoms with Crippen LogP contribution in [0.1, 0.15) is 60.3 Å². The van der Waals surface area contributed by atoms with Crippen molar-refractivity contribution in [2.24, 2.45) is 5.92 Å². The van der Waals surface area contributed by atoms with Gasteiger partial charge in [0.2, 0.25) is 0 Å². The highest BCUT2D eigenvalue weighted by Crippen LogP contribution is 2.32. The summed E-state index contributed by atoms with van der Waals surface area (Å²) >= 11 is 0. The Hall–Kier alpha value is -0.0800. The molecule has 96 valence electrons. The van der Waals surface area contributed by atoms with Gasteiger partial charge in [-0.1, -0.05) is 20.8 Å². The summed E-state index contributed by atoms with van der Waals surface area (Å²) in [5, 5.41) is 3.50. The average Bonchev–Trinajstić information content (AvgIpc) is 2.52. The number of ether oxygens (including phenoxy) is 1. The van der Waals surface area contributed by atoms with E-state index in [1.54, 1.807) is 0 Å². The maximum atomic E-state index is 6.00. The van der Waals surface area contributed by atoms with Gasteiger partial charge in [0, 0.05) is 6.04 Å². The summed E-state index contributed by atoms with van der Waals surface area (Å²) in [5.41, 5.74) is 0.129. The maximum Gasteiger partial charge on any atom is 0.0631 e. The molecule has 1 rings (SSSR count). The summed E-state index contributed by atoms with van der Waals surface area (Å²) in [6.45, 7) is 12.3. The van der Waals surface area contributed by atoms with Crippen LogP contribution >= 0.6 is 0 Å². The first-order valence-corrected chi connectivity index (χ1v) is 6.80. The normalized spacial score (nSPS) is 26.2. The van der Waals surface area contributed by atoms with Crippen LogP contribution in [0, 0.1) is 5.92 Å². The molecule has 0 spiro atoms. The molecule has 1 N–H and O–H groups in total. The Morgan fingerprint density at radius 3 is 2.50 bits per heavy atom. The first kappa shape index (κ1) is 14.0. The van der Waals surface area contributed by atoms with Gasteiger partial charge >= 0.3 is 0 Å². The molecule has 0 aromatic heterocycles. The molecule has 2 nitrogen and oxygen atoms in total. The van der Waals surface area contributed by atoms with Gasteiger partial charge in [-0.15, -0.1) is 0 Å². The third-order valence-electron chi connectivity index (χ3n) is 3.41. The van der Waals surface area contributed by atoms with Crippen molar-refractivity contribution in [1.29, 1.82) is 0 Å². The molecule has 0 radical (unpaired) electrons. The van der Waals surface area contributed by atoms with Crippen LogP contribution in [0.4, 0.5) is 0 Å². The smallest absolute Gasteiger partial charge is 0.0631 e. The number of hydrogen-bond donors (Lipinski definition) is 1. The molecule has 0 bridgehead atoms. The highest BCUT2D eigenvalue weighted by Gasteiger charge is 2.31. The van der Waals surface area contributed by atoms with Gasteiger partial charge in [0.15, 0.2) is 0 Å². The second-order valence-electron chi connectivity index (χ2n) is 6.28. The minimum absolute atomic E-state index is 0.129. The maximum absolute atomic E-state index is 6.00. The lowest BCUT2D eigenvalue weighted by Gasteiger charge is -2.20. The van der Waals surface area contributed by atoms with E-state index in [1.165, 1.54) is 25.7 Å². The Kier molecular flexibility index (Phi) is 5.26. The number of nitrogens with one attached hydrogen (secondary N) is 1. The van der Waals surface area contributed by atoms with E-state index in [2.05, 4.69) is 39.9 Å². The fourth-order valence-electron chi connectivity index (χ4n) is 2.29. The van der Waals surface area contributed by atoms with E-state index in [9.17, 15) is 0 Å². The molecule has 1 aliphatic heterocycles. The molecular weight excluding hydrogens is 198 g/mol. The average molecular weight is 227 g/mol. The molecular formula is C14H29NO. The van der Waals surface area contributed by atoms with E-state index >= 15 is 0 Å². The predicted molar refractivity (Wildman–Crippen MR) is 69.7 cm³/mol. The Morgan fingerprint density at radius 2 is 2.00 bits per heavy atom. The fourth-order valence-corrected chi connectivity index (χ4v) is 2.29. The molecule has 2 heteroatoms. The van der Waals surface area contributed by atoms with Crippen LogP contribution in [0.15, 0.2) is 0 Å². The number of rotatable bonds is 6. The van der Waals surface area contributed by atoms with E-state index < -0.39 is 0 Å². The van der Waals surface area contributed by atoms with Crippen molar-refractivity contribution < 1.29 is 4.74 Å². The summed E-state index contributed by atoms with van der Waals surface area (Å²) in [6, 6.07) is 0.601. The summed E-state index contributed by atoms with van der Waals surface area (Å²) in [5.74, 6) is 0.759. The standard InChI is InChI=1S/C14H29NO/c1-11(2)15-10-12(3)6-7-13-8-9-14(4,5)16-13/h11-13,15H,6-10H2,1-5H3. The van der Waals surface area contributed by atoms with E-state index in [4.69, 9.17) is 4.74 Å². The molecule has 0 aliphatic carbocycles. The second-order valence-corrected chi connectivity index (χ2v) is 6.28. The zero-order chi connectivity index (χ0) is 12.2. The molecule has 0 aromatic carbocycles. The Labute approximate surface area is 101 Å². The lowest BCUT2D eigenvalue weighted by atomic mass is 10.00. The van der Waals surface area contributed by atoms with Crippen LogP contribution in [0.3, 0.4) is 0 Å². The van der Waals surface area contributed by atoms with Gasteiger partial charge in [0.1, 0.15) is 0 Å². The summed E-state index contributed by atoms with van der Waals surface area (Å²) in [4.78, 5) is 0. The van der Waals surface area contributed by atoms with E-state index in [0.29, 0.717) is 12.1 Å². The first-order valence-electron chi connectivity index (χ1n) is 6.80. The quantitative estimate of drug-likeness (QED) is 0.751. The van der Waals surface area contributed by atoms with Crippen molar-refractivity contribution in [2.75, 3.05) is 6.54 Å². The SMILES string of the molecule is CC(CCC1CCC(C)(C)O1)CNC(C)C. The van der Waals surface area contributed by atoms with Crippen LogP contribution < -0.4 is 5.32 Å². The van der Waals surface area contributed by atoms with Crippen LogP contribution in [0.25, 0.3) is 0 Å². The Balaban J connectivity index is 2.11. The van der Waals surface area contributed by atoms with Crippen LogP contribution in [-0.4, -0.2) is 24.3 Å². The van der Waals surface area contributed by atoms with Crippen LogP contribution in [0.5, 0.6) is 0 Å². The summed E-state index contributed by atoms with van der Waals surface area (Å²) in [6.07, 6.45) is 5.48. The van der Waals surface area contributed by atoms with Gasteiger partial charge in [-0.3, -0.25) is 0 Å². The minimum Gasteiger partial charge on any atom is -0.372 e. The van der Waals surface area contributed by atoms with Gasteiger partial charge in [-0.05, 0) is 52.0 Å². The molecule has 0 amide bonds. The molecule has 0 aromatic rings. The van der Waals surface area contributed by atoms with Crippen molar-refractivity contribution in [1.82, 2.24) is 5.32 Å². The molecule has 1 fully saturated rings. The third-order valence-corrected chi connectivity index (χ3v) is 3.41. The molecule has 1 saturated heterocycles. The lowest BCUT2D eigenvalue weighted by Crippen LogP contribution is -2.28. The Bertz CT molecular complexity index is 201. The molecule has 1 aliphatic rings. The second kappa shape index (κ2) is 6.02. The van der Waals surface area contributed by atoms with E-state index in [1.807, 2.05) is 0 Å². The molecule has 0 saturated carbocycles. The van der Waals surface area contributed by atoms with Crippen molar-refractivity contribution in [3.8, 4) is 0 Å². The van der Waals surface area contributed by atoms with Crippen LogP contribution in [0.2, 0.25) is 0 Å². The van der Waals surface area contributed by atoms with Gasteiger partial charge in [0.05, 0.1) is 11.7 Å². The van der Waals surface area contributed by atoms with Crippen molar-refractivity contribution in [2.45, 2.75) is 78.0 Å².